The number of nitrogens with one attached hydrogen (secondary N) is 1. The normalized spacial score (nSPS) is 23.2. The van der Waals surface area contributed by atoms with Crippen molar-refractivity contribution in [3.05, 3.63) is 29.8 Å². The van der Waals surface area contributed by atoms with Crippen LogP contribution in [-0.4, -0.2) is 37.7 Å². The third kappa shape index (κ3) is 5.33. The maximum absolute atomic E-state index is 5.87. The highest BCUT2D eigenvalue weighted by molar-refractivity contribution is 5.27. The van der Waals surface area contributed by atoms with Gasteiger partial charge >= 0.3 is 0 Å². The van der Waals surface area contributed by atoms with E-state index in [1.165, 1.54) is 25.1 Å². The van der Waals surface area contributed by atoms with E-state index in [4.69, 9.17) is 4.74 Å². The molecule has 2 atom stereocenters. The molecule has 2 rings (SSSR count). The lowest BCUT2D eigenvalue weighted by atomic mass is 9.89. The largest absolute Gasteiger partial charge is 0.492 e. The molecule has 1 aliphatic heterocycles. The lowest BCUT2D eigenvalue weighted by Gasteiger charge is -2.35. The first-order valence-corrected chi connectivity index (χ1v) is 8.34. The van der Waals surface area contributed by atoms with Gasteiger partial charge in [0.15, 0.2) is 0 Å². The van der Waals surface area contributed by atoms with Crippen molar-refractivity contribution in [3.63, 3.8) is 0 Å². The van der Waals surface area contributed by atoms with Crippen LogP contribution in [0.2, 0.25) is 0 Å². The highest BCUT2D eigenvalue weighted by atomic mass is 16.5. The first-order valence-electron chi connectivity index (χ1n) is 8.34. The third-order valence-corrected chi connectivity index (χ3v) is 4.60. The van der Waals surface area contributed by atoms with E-state index in [1.54, 1.807) is 0 Å². The second-order valence-corrected chi connectivity index (χ2v) is 6.32. The molecule has 1 aromatic carbocycles. The van der Waals surface area contributed by atoms with E-state index >= 15 is 0 Å². The van der Waals surface area contributed by atoms with Crippen molar-refractivity contribution in [1.29, 1.82) is 0 Å². The summed E-state index contributed by atoms with van der Waals surface area (Å²) in [5, 5.41) is 3.33. The Kier molecular flexibility index (Phi) is 6.52. The Labute approximate surface area is 129 Å². The number of rotatable bonds is 7. The van der Waals surface area contributed by atoms with Crippen LogP contribution >= 0.6 is 0 Å². The van der Waals surface area contributed by atoms with E-state index in [0.717, 1.165) is 43.8 Å². The summed E-state index contributed by atoms with van der Waals surface area (Å²) >= 11 is 0. The van der Waals surface area contributed by atoms with Gasteiger partial charge in [-0.1, -0.05) is 32.9 Å². The first kappa shape index (κ1) is 16.3. The van der Waals surface area contributed by atoms with Crippen LogP contribution < -0.4 is 10.1 Å². The van der Waals surface area contributed by atoms with Crippen molar-refractivity contribution in [2.24, 2.45) is 11.8 Å². The summed E-state index contributed by atoms with van der Waals surface area (Å²) < 4.78 is 5.87. The van der Waals surface area contributed by atoms with Gasteiger partial charge in [-0.25, -0.2) is 0 Å². The summed E-state index contributed by atoms with van der Waals surface area (Å²) in [7, 11) is 0. The van der Waals surface area contributed by atoms with Crippen LogP contribution in [-0.2, 0) is 6.54 Å². The molecular weight excluding hydrogens is 260 g/mol. The van der Waals surface area contributed by atoms with Crippen LogP contribution in [0, 0.1) is 11.8 Å². The van der Waals surface area contributed by atoms with Crippen LogP contribution in [0.5, 0.6) is 5.75 Å². The van der Waals surface area contributed by atoms with Crippen molar-refractivity contribution in [2.75, 3.05) is 32.8 Å². The monoisotopic (exact) mass is 290 g/mol. The van der Waals surface area contributed by atoms with Gasteiger partial charge in [-0.3, -0.25) is 4.90 Å². The van der Waals surface area contributed by atoms with E-state index in [0.29, 0.717) is 0 Å². The number of ether oxygens (including phenoxy) is 1. The highest BCUT2D eigenvalue weighted by Crippen LogP contribution is 2.22. The zero-order valence-corrected chi connectivity index (χ0v) is 13.8. The Balaban J connectivity index is 1.68. The molecule has 0 bridgehead atoms. The lowest BCUT2D eigenvalue weighted by Crippen LogP contribution is -2.40. The van der Waals surface area contributed by atoms with E-state index in [-0.39, 0.29) is 0 Å². The number of hydrogen-bond acceptors (Lipinski definition) is 3. The van der Waals surface area contributed by atoms with Crippen LogP contribution in [0.25, 0.3) is 0 Å². The van der Waals surface area contributed by atoms with Gasteiger partial charge in [0, 0.05) is 19.6 Å². The Hall–Kier alpha value is -1.06. The molecule has 1 N–H and O–H groups in total. The summed E-state index contributed by atoms with van der Waals surface area (Å²) in [5.41, 5.74) is 1.31. The Morgan fingerprint density at radius 2 is 1.95 bits per heavy atom. The SMILES string of the molecule is CCNCc1ccc(OCCN2CCC(C)C(C)C2)cc1. The second kappa shape index (κ2) is 8.40. The first-order chi connectivity index (χ1) is 10.2. The van der Waals surface area contributed by atoms with Gasteiger partial charge in [0.2, 0.25) is 0 Å². The summed E-state index contributed by atoms with van der Waals surface area (Å²) in [6.45, 7) is 13.0. The standard InChI is InChI=1S/C18H30N2O/c1-4-19-13-17-5-7-18(8-6-17)21-12-11-20-10-9-15(2)16(3)14-20/h5-8,15-16,19H,4,9-14H2,1-3H3. The minimum Gasteiger partial charge on any atom is -0.492 e. The third-order valence-electron chi connectivity index (χ3n) is 4.60. The van der Waals surface area contributed by atoms with Crippen LogP contribution in [0.15, 0.2) is 24.3 Å². The fourth-order valence-electron chi connectivity index (χ4n) is 2.82. The molecule has 0 amide bonds. The van der Waals surface area contributed by atoms with E-state index in [1.807, 2.05) is 0 Å². The molecule has 0 radical (unpaired) electrons. The molecule has 1 aliphatic rings. The van der Waals surface area contributed by atoms with E-state index < -0.39 is 0 Å². The number of benzene rings is 1. The van der Waals surface area contributed by atoms with Gasteiger partial charge in [-0.05, 0) is 49.0 Å². The Morgan fingerprint density at radius 3 is 2.62 bits per heavy atom. The fraction of sp³-hybridized carbons (Fsp3) is 0.667. The van der Waals surface area contributed by atoms with Gasteiger partial charge in [0.05, 0.1) is 0 Å². The highest BCUT2D eigenvalue weighted by Gasteiger charge is 2.22. The second-order valence-electron chi connectivity index (χ2n) is 6.32. The number of piperidine rings is 1. The number of nitrogens with zero attached hydrogens (tertiary/aromatic N) is 1. The Bertz CT molecular complexity index is 404. The average Bonchev–Trinajstić information content (AvgIpc) is 2.50. The summed E-state index contributed by atoms with van der Waals surface area (Å²) in [4.78, 5) is 2.53. The quantitative estimate of drug-likeness (QED) is 0.835. The van der Waals surface area contributed by atoms with Crippen molar-refractivity contribution in [2.45, 2.75) is 33.7 Å². The van der Waals surface area contributed by atoms with Gasteiger partial charge in [0.1, 0.15) is 12.4 Å². The van der Waals surface area contributed by atoms with Crippen molar-refractivity contribution in [3.8, 4) is 5.75 Å². The minimum absolute atomic E-state index is 0.785. The molecule has 21 heavy (non-hydrogen) atoms. The zero-order chi connectivity index (χ0) is 15.1. The molecule has 2 unspecified atom stereocenters. The van der Waals surface area contributed by atoms with Crippen molar-refractivity contribution < 1.29 is 4.74 Å². The van der Waals surface area contributed by atoms with Gasteiger partial charge in [-0.2, -0.15) is 0 Å². The maximum atomic E-state index is 5.87. The Morgan fingerprint density at radius 1 is 1.19 bits per heavy atom. The molecule has 3 nitrogen and oxygen atoms in total. The summed E-state index contributed by atoms with van der Waals surface area (Å²) in [6.07, 6.45) is 1.32. The molecule has 0 aliphatic carbocycles. The van der Waals surface area contributed by atoms with Crippen LogP contribution in [0.1, 0.15) is 32.8 Å². The van der Waals surface area contributed by atoms with Crippen LogP contribution in [0.3, 0.4) is 0 Å². The molecule has 0 aromatic heterocycles. The summed E-state index contributed by atoms with van der Waals surface area (Å²) in [6, 6.07) is 8.44. The predicted octanol–water partition coefficient (Wildman–Crippen LogP) is 3.15. The number of hydrogen-bond donors (Lipinski definition) is 1. The molecular formula is C18H30N2O. The molecule has 0 saturated carbocycles. The van der Waals surface area contributed by atoms with Gasteiger partial charge in [-0.15, -0.1) is 0 Å². The van der Waals surface area contributed by atoms with Crippen molar-refractivity contribution >= 4 is 0 Å². The molecule has 3 heteroatoms. The minimum atomic E-state index is 0.785. The van der Waals surface area contributed by atoms with Crippen molar-refractivity contribution in [1.82, 2.24) is 10.2 Å². The van der Waals surface area contributed by atoms with Gasteiger partial charge in [0.25, 0.3) is 0 Å². The molecule has 1 aromatic rings. The molecule has 1 fully saturated rings. The number of likely N-dealkylation sites (tertiary alicyclic amines) is 1. The topological polar surface area (TPSA) is 24.5 Å². The predicted molar refractivity (Wildman–Crippen MR) is 88.7 cm³/mol. The molecule has 1 saturated heterocycles. The molecule has 0 spiro atoms. The lowest BCUT2D eigenvalue weighted by molar-refractivity contribution is 0.119. The van der Waals surface area contributed by atoms with Crippen LogP contribution in [0.4, 0.5) is 0 Å². The fourth-order valence-corrected chi connectivity index (χ4v) is 2.82. The zero-order valence-electron chi connectivity index (χ0n) is 13.8. The summed E-state index contributed by atoms with van der Waals surface area (Å²) in [5.74, 6) is 2.66. The van der Waals surface area contributed by atoms with E-state index in [2.05, 4.69) is 55.3 Å². The van der Waals surface area contributed by atoms with Gasteiger partial charge < -0.3 is 10.1 Å². The van der Waals surface area contributed by atoms with E-state index in [9.17, 15) is 0 Å². The average molecular weight is 290 g/mol. The maximum Gasteiger partial charge on any atom is 0.119 e. The molecule has 1 heterocycles. The smallest absolute Gasteiger partial charge is 0.119 e. The molecule has 118 valence electrons.